The Morgan fingerprint density at radius 2 is 1.84 bits per heavy atom. The molecule has 0 spiro atoms. The number of hydrogen-bond donors (Lipinski definition) is 2. The number of halogens is 1. The van der Waals surface area contributed by atoms with Crippen LogP contribution in [0, 0.1) is 11.7 Å². The van der Waals surface area contributed by atoms with Crippen LogP contribution < -0.4 is 10.9 Å². The Balaban J connectivity index is 1.54. The van der Waals surface area contributed by atoms with Crippen LogP contribution in [0.15, 0.2) is 66.9 Å². The Bertz CT molecular complexity index is 1310. The van der Waals surface area contributed by atoms with Crippen LogP contribution in [0.5, 0.6) is 0 Å². The number of rotatable bonds is 5. The Morgan fingerprint density at radius 1 is 1.03 bits per heavy atom. The fourth-order valence-corrected chi connectivity index (χ4v) is 3.55. The summed E-state index contributed by atoms with van der Waals surface area (Å²) in [5.74, 6) is -0.993. The molecule has 0 saturated heterocycles. The molecule has 2 aromatic carbocycles. The van der Waals surface area contributed by atoms with E-state index in [2.05, 4.69) is 16.0 Å². The first-order valence-electron chi connectivity index (χ1n) is 10.3. The summed E-state index contributed by atoms with van der Waals surface area (Å²) in [5, 5.41) is 4.94. The maximum absolute atomic E-state index is 13.6. The zero-order valence-corrected chi connectivity index (χ0v) is 17.1. The lowest BCUT2D eigenvalue weighted by Crippen LogP contribution is -2.42. The zero-order chi connectivity index (χ0) is 22.1. The first kappa shape index (κ1) is 19.9. The average Bonchev–Trinajstić information content (AvgIpc) is 3.59. The van der Waals surface area contributed by atoms with Crippen molar-refractivity contribution < 1.29 is 14.0 Å². The summed E-state index contributed by atoms with van der Waals surface area (Å²) < 4.78 is 15.3. The highest BCUT2D eigenvalue weighted by atomic mass is 19.1. The summed E-state index contributed by atoms with van der Waals surface area (Å²) in [6.45, 7) is 0.298. The van der Waals surface area contributed by atoms with Crippen molar-refractivity contribution in [2.24, 2.45) is 5.92 Å². The van der Waals surface area contributed by atoms with Gasteiger partial charge in [-0.1, -0.05) is 42.5 Å². The molecule has 4 aromatic rings. The van der Waals surface area contributed by atoms with Crippen LogP contribution in [0.2, 0.25) is 0 Å². The lowest BCUT2D eigenvalue weighted by molar-refractivity contribution is -0.123. The van der Waals surface area contributed by atoms with E-state index in [1.54, 1.807) is 29.1 Å². The molecule has 1 aliphatic carbocycles. The van der Waals surface area contributed by atoms with E-state index in [0.717, 1.165) is 24.0 Å². The van der Waals surface area contributed by atoms with E-state index in [9.17, 15) is 14.0 Å². The van der Waals surface area contributed by atoms with Crippen molar-refractivity contribution in [1.82, 2.24) is 25.6 Å². The highest BCUT2D eigenvalue weighted by Crippen LogP contribution is 2.29. The Morgan fingerprint density at radius 3 is 2.59 bits per heavy atom. The number of aromatic nitrogens is 3. The fraction of sp³-hybridized carbons (Fsp3) is 0.167. The van der Waals surface area contributed by atoms with Crippen molar-refractivity contribution in [2.75, 3.05) is 0 Å². The monoisotopic (exact) mass is 429 g/mol. The average molecular weight is 429 g/mol. The minimum absolute atomic E-state index is 0.0262. The number of benzene rings is 2. The van der Waals surface area contributed by atoms with Gasteiger partial charge in [0.25, 0.3) is 5.91 Å². The minimum Gasteiger partial charge on any atom is -0.273 e. The summed E-state index contributed by atoms with van der Waals surface area (Å²) in [4.78, 5) is 29.6. The van der Waals surface area contributed by atoms with Crippen LogP contribution in [0.25, 0.3) is 22.3 Å². The van der Waals surface area contributed by atoms with Gasteiger partial charge < -0.3 is 0 Å². The molecule has 2 heterocycles. The third-order valence-corrected chi connectivity index (χ3v) is 5.39. The molecule has 0 atom stereocenters. The van der Waals surface area contributed by atoms with Crippen LogP contribution in [-0.2, 0) is 11.3 Å². The molecule has 1 fully saturated rings. The number of carbonyl (C=O) groups excluding carboxylic acids is 2. The molecule has 1 aliphatic rings. The highest BCUT2D eigenvalue weighted by molar-refractivity contribution is 6.07. The quantitative estimate of drug-likeness (QED) is 0.476. The molecular formula is C24H20FN5O2. The van der Waals surface area contributed by atoms with Gasteiger partial charge in [0.05, 0.1) is 29.4 Å². The highest BCUT2D eigenvalue weighted by Gasteiger charge is 2.30. The summed E-state index contributed by atoms with van der Waals surface area (Å²) in [6, 6.07) is 17.4. The predicted molar refractivity (Wildman–Crippen MR) is 117 cm³/mol. The minimum atomic E-state index is -0.450. The van der Waals surface area contributed by atoms with E-state index in [0.29, 0.717) is 28.8 Å². The zero-order valence-electron chi connectivity index (χ0n) is 17.1. The third kappa shape index (κ3) is 4.07. The van der Waals surface area contributed by atoms with Crippen LogP contribution in [0.4, 0.5) is 4.39 Å². The topological polar surface area (TPSA) is 88.9 Å². The standard InChI is InChI=1S/C24H20FN5O2/c25-18-8-4-5-15(11-18)14-30-22-20(13-26-30)19(24(32)29-28-23(31)17-9-10-17)12-21(27-22)16-6-2-1-3-7-16/h1-8,11-13,17H,9-10,14H2,(H,28,31)(H,29,32). The lowest BCUT2D eigenvalue weighted by atomic mass is 10.1. The maximum Gasteiger partial charge on any atom is 0.270 e. The Labute approximate surface area is 183 Å². The van der Waals surface area contributed by atoms with E-state index < -0.39 is 5.91 Å². The van der Waals surface area contributed by atoms with Crippen molar-refractivity contribution in [2.45, 2.75) is 19.4 Å². The molecular weight excluding hydrogens is 409 g/mol. The molecule has 2 amide bonds. The third-order valence-electron chi connectivity index (χ3n) is 5.39. The van der Waals surface area contributed by atoms with Crippen molar-refractivity contribution in [3.8, 4) is 11.3 Å². The van der Waals surface area contributed by atoms with Crippen LogP contribution in [-0.4, -0.2) is 26.6 Å². The number of nitrogens with one attached hydrogen (secondary N) is 2. The molecule has 5 rings (SSSR count). The molecule has 7 nitrogen and oxygen atoms in total. The molecule has 160 valence electrons. The second-order valence-electron chi connectivity index (χ2n) is 7.81. The number of amides is 2. The lowest BCUT2D eigenvalue weighted by Gasteiger charge is -2.10. The molecule has 0 unspecified atom stereocenters. The van der Waals surface area contributed by atoms with Gasteiger partial charge in [-0.2, -0.15) is 5.10 Å². The number of nitrogens with zero attached hydrogens (tertiary/aromatic N) is 3. The number of hydrazine groups is 1. The largest absolute Gasteiger partial charge is 0.273 e. The molecule has 2 aromatic heterocycles. The smallest absolute Gasteiger partial charge is 0.270 e. The second kappa shape index (κ2) is 8.22. The Kier molecular flexibility index (Phi) is 5.10. The summed E-state index contributed by atoms with van der Waals surface area (Å²) in [7, 11) is 0. The van der Waals surface area contributed by atoms with Crippen LogP contribution >= 0.6 is 0 Å². The first-order chi connectivity index (χ1) is 15.6. The van der Waals surface area contributed by atoms with Gasteiger partial charge >= 0.3 is 0 Å². The van der Waals surface area contributed by atoms with Crippen LogP contribution in [0.3, 0.4) is 0 Å². The van der Waals surface area contributed by atoms with Gasteiger partial charge in [0, 0.05) is 11.5 Å². The van der Waals surface area contributed by atoms with Crippen LogP contribution in [0.1, 0.15) is 28.8 Å². The van der Waals surface area contributed by atoms with Gasteiger partial charge in [-0.05, 0) is 36.6 Å². The van der Waals surface area contributed by atoms with E-state index in [-0.39, 0.29) is 17.6 Å². The van der Waals surface area contributed by atoms with Gasteiger partial charge in [0.15, 0.2) is 5.65 Å². The second-order valence-corrected chi connectivity index (χ2v) is 7.81. The van der Waals surface area contributed by atoms with Gasteiger partial charge in [-0.3, -0.25) is 20.4 Å². The number of fused-ring (bicyclic) bond motifs is 1. The van der Waals surface area contributed by atoms with E-state index in [1.165, 1.54) is 12.1 Å². The Hall–Kier alpha value is -4.07. The van der Waals surface area contributed by atoms with Crippen molar-refractivity contribution in [3.05, 3.63) is 83.8 Å². The fourth-order valence-electron chi connectivity index (χ4n) is 3.55. The SMILES string of the molecule is O=C(NNC(=O)C1CC1)c1cc(-c2ccccc2)nc2c1cnn2Cc1cccc(F)c1. The predicted octanol–water partition coefficient (Wildman–Crippen LogP) is 3.46. The molecule has 1 saturated carbocycles. The number of carbonyl (C=O) groups is 2. The van der Waals surface area contributed by atoms with Gasteiger partial charge in [0.2, 0.25) is 5.91 Å². The maximum atomic E-state index is 13.6. The number of hydrogen-bond acceptors (Lipinski definition) is 4. The molecule has 0 bridgehead atoms. The molecule has 0 aliphatic heterocycles. The van der Waals surface area contributed by atoms with Crippen molar-refractivity contribution >= 4 is 22.8 Å². The van der Waals surface area contributed by atoms with Crippen molar-refractivity contribution in [1.29, 1.82) is 0 Å². The van der Waals surface area contributed by atoms with Crippen molar-refractivity contribution in [3.63, 3.8) is 0 Å². The first-order valence-corrected chi connectivity index (χ1v) is 10.3. The summed E-state index contributed by atoms with van der Waals surface area (Å²) >= 11 is 0. The molecule has 2 N–H and O–H groups in total. The molecule has 8 heteroatoms. The van der Waals surface area contributed by atoms with E-state index in [4.69, 9.17) is 4.98 Å². The van der Waals surface area contributed by atoms with E-state index >= 15 is 0 Å². The summed E-state index contributed by atoms with van der Waals surface area (Å²) in [6.07, 6.45) is 3.24. The van der Waals surface area contributed by atoms with Gasteiger partial charge in [0.1, 0.15) is 5.82 Å². The number of pyridine rings is 1. The summed E-state index contributed by atoms with van der Waals surface area (Å²) in [5.41, 5.74) is 7.99. The molecule has 0 radical (unpaired) electrons. The normalized spacial score (nSPS) is 13.2. The van der Waals surface area contributed by atoms with Gasteiger partial charge in [-0.25, -0.2) is 14.1 Å². The molecule has 32 heavy (non-hydrogen) atoms. The van der Waals surface area contributed by atoms with E-state index in [1.807, 2.05) is 30.3 Å². The van der Waals surface area contributed by atoms with Gasteiger partial charge in [-0.15, -0.1) is 0 Å².